The molecule has 0 aliphatic rings. The van der Waals surface area contributed by atoms with E-state index in [0.29, 0.717) is 20.7 Å². The number of benzene rings is 1. The van der Waals surface area contributed by atoms with Gasteiger partial charge in [-0.15, -0.1) is 11.3 Å². The van der Waals surface area contributed by atoms with E-state index in [9.17, 15) is 4.79 Å². The Balaban J connectivity index is 2.11. The maximum atomic E-state index is 12.0. The van der Waals surface area contributed by atoms with E-state index in [2.05, 4.69) is 10.3 Å². The van der Waals surface area contributed by atoms with E-state index in [0.717, 1.165) is 11.4 Å². The summed E-state index contributed by atoms with van der Waals surface area (Å²) in [6.07, 6.45) is 2.01. The molecule has 0 bridgehead atoms. The normalized spacial score (nSPS) is 10.5. The van der Waals surface area contributed by atoms with Gasteiger partial charge >= 0.3 is 0 Å². The second kappa shape index (κ2) is 6.61. The van der Waals surface area contributed by atoms with Gasteiger partial charge in [0.2, 0.25) is 0 Å². The monoisotopic (exact) mass is 332 g/mol. The Morgan fingerprint density at radius 1 is 1.47 bits per heavy atom. The molecule has 0 unspecified atom stereocenters. The van der Waals surface area contributed by atoms with E-state index in [4.69, 9.17) is 23.2 Å². The fourth-order valence-electron chi connectivity index (χ4n) is 1.42. The highest BCUT2D eigenvalue weighted by atomic mass is 35.5. The number of carbonyl (C=O) groups is 1. The Morgan fingerprint density at radius 2 is 2.26 bits per heavy atom. The second-order valence-corrected chi connectivity index (χ2v) is 6.22. The number of rotatable bonds is 4. The molecule has 1 aromatic carbocycles. The van der Waals surface area contributed by atoms with Crippen molar-refractivity contribution in [1.29, 1.82) is 0 Å². The average Bonchev–Trinajstić information content (AvgIpc) is 2.76. The average molecular weight is 333 g/mol. The lowest BCUT2D eigenvalue weighted by atomic mass is 10.2. The van der Waals surface area contributed by atoms with Crippen LogP contribution in [0.15, 0.2) is 23.6 Å². The number of thiazole rings is 1. The van der Waals surface area contributed by atoms with Crippen LogP contribution in [0.1, 0.15) is 16.1 Å². The van der Waals surface area contributed by atoms with Crippen molar-refractivity contribution < 1.29 is 4.79 Å². The molecule has 0 spiro atoms. The van der Waals surface area contributed by atoms with Crippen molar-refractivity contribution >= 4 is 57.3 Å². The molecule has 0 saturated heterocycles. The van der Waals surface area contributed by atoms with Gasteiger partial charge in [-0.05, 0) is 24.5 Å². The predicted molar refractivity (Wildman–Crippen MR) is 83.7 cm³/mol. The number of hydrogen-bond acceptors (Lipinski definition) is 4. The molecule has 0 aliphatic carbocycles. The molecule has 19 heavy (non-hydrogen) atoms. The van der Waals surface area contributed by atoms with Crippen LogP contribution >= 0.6 is 46.3 Å². The zero-order valence-corrected chi connectivity index (χ0v) is 13.1. The van der Waals surface area contributed by atoms with Crippen LogP contribution < -0.4 is 5.32 Å². The van der Waals surface area contributed by atoms with Gasteiger partial charge in [0.15, 0.2) is 5.13 Å². The Bertz CT molecular complexity index is 601. The van der Waals surface area contributed by atoms with Gasteiger partial charge in [-0.25, -0.2) is 4.98 Å². The van der Waals surface area contributed by atoms with Crippen LogP contribution in [0, 0.1) is 0 Å². The van der Waals surface area contributed by atoms with Crippen molar-refractivity contribution in [1.82, 2.24) is 4.98 Å². The third kappa shape index (κ3) is 3.86. The molecular formula is C12H10Cl2N2OS2. The summed E-state index contributed by atoms with van der Waals surface area (Å²) in [6.45, 7) is 0. The summed E-state index contributed by atoms with van der Waals surface area (Å²) >= 11 is 14.9. The van der Waals surface area contributed by atoms with Gasteiger partial charge in [0, 0.05) is 16.2 Å². The second-order valence-electron chi connectivity index (χ2n) is 3.66. The first-order valence-electron chi connectivity index (χ1n) is 5.30. The summed E-state index contributed by atoms with van der Waals surface area (Å²) in [4.78, 5) is 16.3. The summed E-state index contributed by atoms with van der Waals surface area (Å²) < 4.78 is 0. The van der Waals surface area contributed by atoms with Crippen molar-refractivity contribution in [3.63, 3.8) is 0 Å². The van der Waals surface area contributed by atoms with E-state index in [1.807, 2.05) is 11.6 Å². The summed E-state index contributed by atoms with van der Waals surface area (Å²) in [5, 5.41) is 6.05. The first-order chi connectivity index (χ1) is 9.10. The number of carbonyl (C=O) groups excluding carboxylic acids is 1. The van der Waals surface area contributed by atoms with Crippen LogP contribution in [0.4, 0.5) is 5.13 Å². The lowest BCUT2D eigenvalue weighted by Crippen LogP contribution is -2.12. The topological polar surface area (TPSA) is 42.0 Å². The largest absolute Gasteiger partial charge is 0.298 e. The van der Waals surface area contributed by atoms with Crippen molar-refractivity contribution in [2.75, 3.05) is 11.6 Å². The Hall–Kier alpha value is -0.750. The smallest absolute Gasteiger partial charge is 0.258 e. The number of nitrogens with one attached hydrogen (secondary N) is 1. The van der Waals surface area contributed by atoms with Gasteiger partial charge in [0.05, 0.1) is 16.3 Å². The first-order valence-corrected chi connectivity index (χ1v) is 8.33. The number of nitrogens with zero attached hydrogens (tertiary/aromatic N) is 1. The van der Waals surface area contributed by atoms with E-state index in [-0.39, 0.29) is 5.91 Å². The molecule has 2 aromatic rings. The lowest BCUT2D eigenvalue weighted by molar-refractivity contribution is 0.102. The van der Waals surface area contributed by atoms with Gasteiger partial charge in [-0.1, -0.05) is 23.2 Å². The number of hydrogen-bond donors (Lipinski definition) is 1. The van der Waals surface area contributed by atoms with Crippen molar-refractivity contribution in [3.8, 4) is 0 Å². The molecule has 0 fully saturated rings. The van der Waals surface area contributed by atoms with E-state index in [1.165, 1.54) is 11.3 Å². The molecule has 0 atom stereocenters. The molecule has 7 heteroatoms. The predicted octanol–water partition coefficient (Wildman–Crippen LogP) is 4.57. The third-order valence-corrected chi connectivity index (χ3v) is 4.18. The number of halogens is 2. The van der Waals surface area contributed by atoms with Gasteiger partial charge in [0.1, 0.15) is 0 Å². The van der Waals surface area contributed by atoms with Crippen LogP contribution in [0.25, 0.3) is 0 Å². The quantitative estimate of drug-likeness (QED) is 0.891. The minimum atomic E-state index is -0.285. The van der Waals surface area contributed by atoms with E-state index in [1.54, 1.807) is 30.0 Å². The molecule has 2 rings (SSSR count). The van der Waals surface area contributed by atoms with Crippen LogP contribution in [0.5, 0.6) is 0 Å². The summed E-state index contributed by atoms with van der Waals surface area (Å²) in [5.74, 6) is 0.542. The van der Waals surface area contributed by atoms with Gasteiger partial charge < -0.3 is 0 Å². The molecule has 1 amide bonds. The Morgan fingerprint density at radius 3 is 2.95 bits per heavy atom. The Kier molecular flexibility index (Phi) is 5.10. The first kappa shape index (κ1) is 14.7. The van der Waals surface area contributed by atoms with Crippen molar-refractivity contribution in [3.05, 3.63) is 44.9 Å². The summed E-state index contributed by atoms with van der Waals surface area (Å²) in [6, 6.07) is 4.76. The molecule has 3 nitrogen and oxygen atoms in total. The SMILES string of the molecule is CSCc1csc(NC(=O)c2ccc(Cl)cc2Cl)n1. The number of anilines is 1. The lowest BCUT2D eigenvalue weighted by Gasteiger charge is -2.04. The molecule has 1 aromatic heterocycles. The summed E-state index contributed by atoms with van der Waals surface area (Å²) in [5.41, 5.74) is 1.34. The molecule has 1 N–H and O–H groups in total. The van der Waals surface area contributed by atoms with Gasteiger partial charge in [-0.2, -0.15) is 11.8 Å². The Labute approximate surface area is 129 Å². The van der Waals surface area contributed by atoms with Gasteiger partial charge in [-0.3, -0.25) is 10.1 Å². The fourth-order valence-corrected chi connectivity index (χ4v) is 3.17. The van der Waals surface area contributed by atoms with Crippen LogP contribution in [0.2, 0.25) is 10.0 Å². The molecule has 100 valence electrons. The minimum absolute atomic E-state index is 0.285. The third-order valence-electron chi connectivity index (χ3n) is 2.24. The fraction of sp³-hybridized carbons (Fsp3) is 0.167. The molecule has 0 aliphatic heterocycles. The highest BCUT2D eigenvalue weighted by Crippen LogP contribution is 2.23. The highest BCUT2D eigenvalue weighted by molar-refractivity contribution is 7.97. The van der Waals surface area contributed by atoms with Crippen molar-refractivity contribution in [2.24, 2.45) is 0 Å². The van der Waals surface area contributed by atoms with E-state index < -0.39 is 0 Å². The zero-order chi connectivity index (χ0) is 13.8. The molecule has 1 heterocycles. The molecule has 0 radical (unpaired) electrons. The summed E-state index contributed by atoms with van der Waals surface area (Å²) in [7, 11) is 0. The van der Waals surface area contributed by atoms with Crippen LogP contribution in [-0.2, 0) is 5.75 Å². The number of aromatic nitrogens is 1. The number of thioether (sulfide) groups is 1. The zero-order valence-electron chi connectivity index (χ0n) is 9.94. The maximum absolute atomic E-state index is 12.0. The van der Waals surface area contributed by atoms with E-state index >= 15 is 0 Å². The van der Waals surface area contributed by atoms with Crippen LogP contribution in [-0.4, -0.2) is 17.1 Å². The maximum Gasteiger partial charge on any atom is 0.258 e. The van der Waals surface area contributed by atoms with Gasteiger partial charge in [0.25, 0.3) is 5.91 Å². The van der Waals surface area contributed by atoms with Crippen LogP contribution in [0.3, 0.4) is 0 Å². The molecule has 0 saturated carbocycles. The number of amides is 1. The van der Waals surface area contributed by atoms with Crippen molar-refractivity contribution in [2.45, 2.75) is 5.75 Å². The minimum Gasteiger partial charge on any atom is -0.298 e. The molecular weight excluding hydrogens is 323 g/mol. The highest BCUT2D eigenvalue weighted by Gasteiger charge is 2.12. The standard InChI is InChI=1S/C12H10Cl2N2OS2/c1-18-5-8-6-19-12(15-8)16-11(17)9-3-2-7(13)4-10(9)14/h2-4,6H,5H2,1H3,(H,15,16,17).